The van der Waals surface area contributed by atoms with Gasteiger partial charge in [-0.25, -0.2) is 0 Å². The molecule has 0 aromatic rings. The molecular formula is C8H20NO4Re. The summed E-state index contributed by atoms with van der Waals surface area (Å²) in [6.07, 6.45) is 0. The molecule has 0 spiro atoms. The van der Waals surface area contributed by atoms with E-state index in [-0.39, 0.29) is 0 Å². The second-order valence-corrected chi connectivity index (χ2v) is 5.70. The van der Waals surface area contributed by atoms with Gasteiger partial charge in [0.2, 0.25) is 0 Å². The van der Waals surface area contributed by atoms with Gasteiger partial charge in [0, 0.05) is 0 Å². The molecule has 0 saturated heterocycles. The number of hydrogen-bond donors (Lipinski definition) is 0. The van der Waals surface area contributed by atoms with E-state index < -0.39 is 15.8 Å². The minimum absolute atomic E-state index is 1.28. The van der Waals surface area contributed by atoms with E-state index in [4.69, 9.17) is 14.2 Å². The third kappa shape index (κ3) is 10.1. The van der Waals surface area contributed by atoms with Crippen molar-refractivity contribution in [2.24, 2.45) is 0 Å². The molecule has 0 radical (unpaired) electrons. The summed E-state index contributed by atoms with van der Waals surface area (Å²) in [6, 6.07) is 0. The normalized spacial score (nSPS) is 11.8. The van der Waals surface area contributed by atoms with Crippen molar-refractivity contribution in [2.75, 3.05) is 26.2 Å². The van der Waals surface area contributed by atoms with Gasteiger partial charge in [0.15, 0.2) is 0 Å². The molecule has 0 aliphatic heterocycles. The van der Waals surface area contributed by atoms with Crippen LogP contribution in [0.3, 0.4) is 0 Å². The molecule has 0 aromatic heterocycles. The van der Waals surface area contributed by atoms with E-state index in [1.807, 2.05) is 0 Å². The molecule has 0 heterocycles. The monoisotopic (exact) mass is 381 g/mol. The van der Waals surface area contributed by atoms with E-state index in [2.05, 4.69) is 27.7 Å². The van der Waals surface area contributed by atoms with Gasteiger partial charge in [-0.05, 0) is 27.7 Å². The summed E-state index contributed by atoms with van der Waals surface area (Å²) in [5.74, 6) is 0. The van der Waals surface area contributed by atoms with Crippen molar-refractivity contribution in [1.82, 2.24) is 0 Å². The maximum atomic E-state index is 8.64. The first kappa shape index (κ1) is 16.4. The van der Waals surface area contributed by atoms with Crippen molar-refractivity contribution in [3.05, 3.63) is 0 Å². The molecule has 0 bridgehead atoms. The Kier molecular flexibility index (Phi) is 8.56. The fourth-order valence-electron chi connectivity index (χ4n) is 1.34. The van der Waals surface area contributed by atoms with Crippen LogP contribution in [0.1, 0.15) is 27.7 Å². The molecule has 0 atom stereocenters. The van der Waals surface area contributed by atoms with E-state index in [0.717, 1.165) is 0 Å². The van der Waals surface area contributed by atoms with Crippen molar-refractivity contribution in [1.29, 1.82) is 0 Å². The Labute approximate surface area is 88.7 Å². The molecule has 0 saturated carbocycles. The van der Waals surface area contributed by atoms with Crippen LogP contribution in [0.25, 0.3) is 0 Å². The van der Waals surface area contributed by atoms with Gasteiger partial charge in [0.25, 0.3) is 0 Å². The predicted molar refractivity (Wildman–Crippen MR) is 44.5 cm³/mol. The van der Waals surface area contributed by atoms with Gasteiger partial charge >= 0.3 is 30.0 Å². The van der Waals surface area contributed by atoms with Gasteiger partial charge in [-0.3, -0.25) is 0 Å². The molecule has 0 aliphatic carbocycles. The molecule has 0 amide bonds. The quantitative estimate of drug-likeness (QED) is 0.659. The van der Waals surface area contributed by atoms with E-state index >= 15 is 0 Å². The molecule has 88 valence electrons. The van der Waals surface area contributed by atoms with Gasteiger partial charge in [-0.1, -0.05) is 0 Å². The maximum absolute atomic E-state index is 8.64. The van der Waals surface area contributed by atoms with Crippen molar-refractivity contribution < 1.29 is 34.5 Å². The third-order valence-electron chi connectivity index (χ3n) is 2.68. The van der Waals surface area contributed by atoms with Crippen LogP contribution in [0.2, 0.25) is 0 Å². The van der Waals surface area contributed by atoms with Crippen molar-refractivity contribution in [2.45, 2.75) is 27.7 Å². The van der Waals surface area contributed by atoms with E-state index in [1.165, 1.54) is 30.7 Å². The van der Waals surface area contributed by atoms with Crippen LogP contribution in [-0.2, 0) is 26.2 Å². The number of hydrogen-bond acceptors (Lipinski definition) is 4. The fourth-order valence-corrected chi connectivity index (χ4v) is 1.34. The topological polar surface area (TPSA) is 74.3 Å². The summed E-state index contributed by atoms with van der Waals surface area (Å²) >= 11 is -6.11. The summed E-state index contributed by atoms with van der Waals surface area (Å²) in [6.45, 7) is 14.2. The van der Waals surface area contributed by atoms with Gasteiger partial charge in [-0.15, -0.1) is 0 Å². The molecule has 0 rings (SSSR count). The minimum atomic E-state index is -6.11. The van der Waals surface area contributed by atoms with Crippen LogP contribution in [0.5, 0.6) is 0 Å². The second-order valence-electron chi connectivity index (χ2n) is 2.98. The van der Waals surface area contributed by atoms with E-state index in [9.17, 15) is 0 Å². The molecule has 0 N–H and O–H groups in total. The van der Waals surface area contributed by atoms with Crippen molar-refractivity contribution in [3.63, 3.8) is 0 Å². The zero-order chi connectivity index (χ0) is 11.8. The Morgan fingerprint density at radius 3 is 1.00 bits per heavy atom. The zero-order valence-corrected chi connectivity index (χ0v) is 12.0. The van der Waals surface area contributed by atoms with Crippen LogP contribution in [0.4, 0.5) is 0 Å². The Bertz CT molecular complexity index is 242. The van der Waals surface area contributed by atoms with Crippen LogP contribution in [-0.4, -0.2) is 30.7 Å². The molecular weight excluding hydrogens is 360 g/mol. The summed E-state index contributed by atoms with van der Waals surface area (Å²) in [4.78, 5) is 0. The molecule has 5 nitrogen and oxygen atoms in total. The van der Waals surface area contributed by atoms with Crippen LogP contribution < -0.4 is 3.83 Å². The summed E-state index contributed by atoms with van der Waals surface area (Å²) in [5.41, 5.74) is 0. The number of quaternary nitrogens is 1. The van der Waals surface area contributed by atoms with Gasteiger partial charge in [0.05, 0.1) is 26.2 Å². The summed E-state index contributed by atoms with van der Waals surface area (Å²) in [5, 5.41) is 0. The van der Waals surface area contributed by atoms with Gasteiger partial charge in [-0.2, -0.15) is 0 Å². The molecule has 14 heavy (non-hydrogen) atoms. The molecule has 0 fully saturated rings. The first-order chi connectivity index (χ1) is 6.24. The Morgan fingerprint density at radius 2 is 1.00 bits per heavy atom. The summed E-state index contributed by atoms with van der Waals surface area (Å²) in [7, 11) is 0. The Hall–Kier alpha value is -0.0177. The Morgan fingerprint density at radius 1 is 0.857 bits per heavy atom. The van der Waals surface area contributed by atoms with Gasteiger partial charge < -0.3 is 4.48 Å². The molecule has 0 aliphatic rings. The summed E-state index contributed by atoms with van der Waals surface area (Å²) < 4.78 is 35.8. The van der Waals surface area contributed by atoms with E-state index in [1.54, 1.807) is 0 Å². The molecule has 0 unspecified atom stereocenters. The van der Waals surface area contributed by atoms with Crippen LogP contribution >= 0.6 is 0 Å². The van der Waals surface area contributed by atoms with Crippen molar-refractivity contribution in [3.8, 4) is 0 Å². The SMILES string of the molecule is CC[N+](CC)(CC)CC.[O]=[Re](=[O])(=[O])[O-]. The van der Waals surface area contributed by atoms with Crippen LogP contribution in [0.15, 0.2) is 0 Å². The fraction of sp³-hybridized carbons (Fsp3) is 1.00. The number of rotatable bonds is 4. The predicted octanol–water partition coefficient (Wildman–Crippen LogP) is 0.335. The first-order valence-electron chi connectivity index (χ1n) is 4.71. The second kappa shape index (κ2) is 7.30. The van der Waals surface area contributed by atoms with Crippen LogP contribution in [0, 0.1) is 0 Å². The number of nitrogens with zero attached hydrogens (tertiary/aromatic N) is 1. The average molecular weight is 380 g/mol. The van der Waals surface area contributed by atoms with E-state index in [0.29, 0.717) is 0 Å². The Balaban J connectivity index is 0. The average Bonchev–Trinajstić information content (AvgIpc) is 2.07. The molecule has 6 heteroatoms. The van der Waals surface area contributed by atoms with Gasteiger partial charge in [0.1, 0.15) is 0 Å². The standard InChI is InChI=1S/C8H20N.4O.Re/c1-5-9(6-2,7-3)8-4;;;;;/h5-8H2,1-4H3;;;;;/q+1;;;;-1;. The zero-order valence-electron chi connectivity index (χ0n) is 9.29. The molecule has 0 aromatic carbocycles. The van der Waals surface area contributed by atoms with Crippen molar-refractivity contribution >= 4 is 0 Å². The third-order valence-corrected chi connectivity index (χ3v) is 2.68. The first-order valence-corrected chi connectivity index (χ1v) is 9.15.